The van der Waals surface area contributed by atoms with Gasteiger partial charge in [-0.3, -0.25) is 0 Å². The molecule has 1 unspecified atom stereocenters. The third-order valence-electron chi connectivity index (χ3n) is 4.07. The fourth-order valence-electron chi connectivity index (χ4n) is 2.75. The van der Waals surface area contributed by atoms with Gasteiger partial charge in [-0.15, -0.1) is 0 Å². The zero-order valence-electron chi connectivity index (χ0n) is 13.8. The zero-order valence-corrected chi connectivity index (χ0v) is 15.4. The van der Waals surface area contributed by atoms with Crippen LogP contribution in [0.1, 0.15) is 76.7 Å². The first-order valence-electron chi connectivity index (χ1n) is 8.74. The van der Waals surface area contributed by atoms with Gasteiger partial charge < -0.3 is 5.32 Å². The van der Waals surface area contributed by atoms with E-state index in [9.17, 15) is 0 Å². The van der Waals surface area contributed by atoms with Crippen LogP contribution in [0.15, 0.2) is 28.7 Å². The lowest BCUT2D eigenvalue weighted by Crippen LogP contribution is -2.22. The van der Waals surface area contributed by atoms with Crippen molar-refractivity contribution in [3.63, 3.8) is 0 Å². The molecule has 2 heteroatoms. The lowest BCUT2D eigenvalue weighted by molar-refractivity contribution is 0.506. The molecule has 0 bridgehead atoms. The third-order valence-corrected chi connectivity index (χ3v) is 4.59. The second kappa shape index (κ2) is 12.2. The molecule has 21 heavy (non-hydrogen) atoms. The molecule has 1 aromatic rings. The summed E-state index contributed by atoms with van der Waals surface area (Å²) in [6.45, 7) is 6.76. The maximum absolute atomic E-state index is 3.60. The number of unbranched alkanes of at least 4 members (excludes halogenated alkanes) is 5. The standard InChI is InChI=1S/C19H32BrN/c1-3-5-6-7-8-9-10-18(16-21-15-4-2)17-11-13-19(20)14-12-17/h11-14,18,21H,3-10,15-16H2,1-2H3. The summed E-state index contributed by atoms with van der Waals surface area (Å²) in [4.78, 5) is 0. The molecule has 0 aliphatic heterocycles. The first-order chi connectivity index (χ1) is 10.3. The van der Waals surface area contributed by atoms with E-state index >= 15 is 0 Å². The van der Waals surface area contributed by atoms with Crippen molar-refractivity contribution in [3.8, 4) is 0 Å². The summed E-state index contributed by atoms with van der Waals surface area (Å²) in [5, 5.41) is 3.60. The summed E-state index contributed by atoms with van der Waals surface area (Å²) < 4.78 is 1.17. The molecule has 0 saturated carbocycles. The first kappa shape index (κ1) is 18.7. The van der Waals surface area contributed by atoms with E-state index in [2.05, 4.69) is 59.4 Å². The van der Waals surface area contributed by atoms with E-state index in [1.807, 2.05) is 0 Å². The Labute approximate surface area is 140 Å². The van der Waals surface area contributed by atoms with Crippen LogP contribution in [0.4, 0.5) is 0 Å². The lowest BCUT2D eigenvalue weighted by atomic mass is 9.92. The van der Waals surface area contributed by atoms with Gasteiger partial charge in [0.25, 0.3) is 0 Å². The molecule has 1 nitrogen and oxygen atoms in total. The zero-order chi connectivity index (χ0) is 15.3. The Morgan fingerprint density at radius 3 is 2.24 bits per heavy atom. The first-order valence-corrected chi connectivity index (χ1v) is 9.53. The average Bonchev–Trinajstić information content (AvgIpc) is 2.50. The van der Waals surface area contributed by atoms with E-state index in [1.165, 1.54) is 61.4 Å². The third kappa shape index (κ3) is 8.63. The molecular formula is C19H32BrN. The molecule has 120 valence electrons. The minimum Gasteiger partial charge on any atom is -0.316 e. The normalized spacial score (nSPS) is 12.5. The van der Waals surface area contributed by atoms with Gasteiger partial charge in [0.2, 0.25) is 0 Å². The smallest absolute Gasteiger partial charge is 0.0175 e. The van der Waals surface area contributed by atoms with Crippen molar-refractivity contribution in [2.75, 3.05) is 13.1 Å². The molecule has 0 radical (unpaired) electrons. The highest BCUT2D eigenvalue weighted by Gasteiger charge is 2.10. The Bertz CT molecular complexity index is 347. The molecule has 0 aliphatic carbocycles. The van der Waals surface area contributed by atoms with Gasteiger partial charge in [0.05, 0.1) is 0 Å². The van der Waals surface area contributed by atoms with Crippen LogP contribution in [0.5, 0.6) is 0 Å². The largest absolute Gasteiger partial charge is 0.316 e. The van der Waals surface area contributed by atoms with Gasteiger partial charge in [0, 0.05) is 11.0 Å². The molecule has 0 aliphatic rings. The van der Waals surface area contributed by atoms with Crippen LogP contribution in [0.2, 0.25) is 0 Å². The van der Waals surface area contributed by atoms with Crippen LogP contribution in [0, 0.1) is 0 Å². The molecule has 0 amide bonds. The van der Waals surface area contributed by atoms with Gasteiger partial charge in [-0.1, -0.05) is 80.4 Å². The van der Waals surface area contributed by atoms with Crippen molar-refractivity contribution in [2.24, 2.45) is 0 Å². The molecule has 1 rings (SSSR count). The molecule has 0 spiro atoms. The summed E-state index contributed by atoms with van der Waals surface area (Å²) in [7, 11) is 0. The summed E-state index contributed by atoms with van der Waals surface area (Å²) in [5.41, 5.74) is 1.48. The molecule has 0 heterocycles. The van der Waals surface area contributed by atoms with Crippen molar-refractivity contribution in [3.05, 3.63) is 34.3 Å². The van der Waals surface area contributed by atoms with E-state index in [0.717, 1.165) is 13.1 Å². The quantitative estimate of drug-likeness (QED) is 0.435. The average molecular weight is 354 g/mol. The molecule has 0 aromatic heterocycles. The number of halogens is 1. The molecule has 0 saturated heterocycles. The molecule has 0 fully saturated rings. The van der Waals surface area contributed by atoms with Crippen LogP contribution in [-0.4, -0.2) is 13.1 Å². The SMILES string of the molecule is CCCCCCCCC(CNCCC)c1ccc(Br)cc1. The van der Waals surface area contributed by atoms with Gasteiger partial charge in [-0.05, 0) is 43.0 Å². The Balaban J connectivity index is 2.39. The van der Waals surface area contributed by atoms with Crippen molar-refractivity contribution >= 4 is 15.9 Å². The predicted octanol–water partition coefficient (Wildman–Crippen LogP) is 6.28. The van der Waals surface area contributed by atoms with Crippen LogP contribution < -0.4 is 5.32 Å². The summed E-state index contributed by atoms with van der Waals surface area (Å²) in [6.07, 6.45) is 10.8. The second-order valence-corrected chi connectivity index (χ2v) is 6.92. The van der Waals surface area contributed by atoms with Crippen LogP contribution in [-0.2, 0) is 0 Å². The van der Waals surface area contributed by atoms with E-state index < -0.39 is 0 Å². The summed E-state index contributed by atoms with van der Waals surface area (Å²) >= 11 is 3.53. The van der Waals surface area contributed by atoms with Gasteiger partial charge in [-0.25, -0.2) is 0 Å². The van der Waals surface area contributed by atoms with Gasteiger partial charge >= 0.3 is 0 Å². The second-order valence-electron chi connectivity index (χ2n) is 6.01. The van der Waals surface area contributed by atoms with E-state index in [4.69, 9.17) is 0 Å². The maximum atomic E-state index is 3.60. The van der Waals surface area contributed by atoms with Crippen LogP contribution in [0.25, 0.3) is 0 Å². The molecular weight excluding hydrogens is 322 g/mol. The fourth-order valence-corrected chi connectivity index (χ4v) is 3.01. The Kier molecular flexibility index (Phi) is 10.9. The maximum Gasteiger partial charge on any atom is 0.0175 e. The minimum atomic E-state index is 0.663. The monoisotopic (exact) mass is 353 g/mol. The van der Waals surface area contributed by atoms with Crippen molar-refractivity contribution in [1.29, 1.82) is 0 Å². The number of nitrogens with one attached hydrogen (secondary N) is 1. The van der Waals surface area contributed by atoms with Crippen molar-refractivity contribution < 1.29 is 0 Å². The Morgan fingerprint density at radius 2 is 1.57 bits per heavy atom. The highest BCUT2D eigenvalue weighted by molar-refractivity contribution is 9.10. The summed E-state index contributed by atoms with van der Waals surface area (Å²) in [5.74, 6) is 0.663. The highest BCUT2D eigenvalue weighted by atomic mass is 79.9. The van der Waals surface area contributed by atoms with Gasteiger partial charge in [0.15, 0.2) is 0 Å². The van der Waals surface area contributed by atoms with Crippen molar-refractivity contribution in [1.82, 2.24) is 5.32 Å². The number of benzene rings is 1. The van der Waals surface area contributed by atoms with Crippen LogP contribution >= 0.6 is 15.9 Å². The van der Waals surface area contributed by atoms with Gasteiger partial charge in [-0.2, -0.15) is 0 Å². The lowest BCUT2D eigenvalue weighted by Gasteiger charge is -2.18. The van der Waals surface area contributed by atoms with E-state index in [-0.39, 0.29) is 0 Å². The number of rotatable bonds is 12. The molecule has 1 N–H and O–H groups in total. The van der Waals surface area contributed by atoms with Crippen LogP contribution in [0.3, 0.4) is 0 Å². The van der Waals surface area contributed by atoms with E-state index in [0.29, 0.717) is 5.92 Å². The highest BCUT2D eigenvalue weighted by Crippen LogP contribution is 2.24. The summed E-state index contributed by atoms with van der Waals surface area (Å²) in [6, 6.07) is 8.89. The Morgan fingerprint density at radius 1 is 0.905 bits per heavy atom. The van der Waals surface area contributed by atoms with Crippen molar-refractivity contribution in [2.45, 2.75) is 71.1 Å². The fraction of sp³-hybridized carbons (Fsp3) is 0.684. The Hall–Kier alpha value is -0.340. The molecule has 1 atom stereocenters. The topological polar surface area (TPSA) is 12.0 Å². The van der Waals surface area contributed by atoms with E-state index in [1.54, 1.807) is 0 Å². The molecule has 1 aromatic carbocycles. The minimum absolute atomic E-state index is 0.663. The predicted molar refractivity (Wildman–Crippen MR) is 98.0 cm³/mol. The number of hydrogen-bond donors (Lipinski definition) is 1. The number of hydrogen-bond acceptors (Lipinski definition) is 1. The van der Waals surface area contributed by atoms with Gasteiger partial charge in [0.1, 0.15) is 0 Å².